The fraction of sp³-hybridized carbons (Fsp3) is 0.592. The molecule has 2 unspecified atom stereocenters. The summed E-state index contributed by atoms with van der Waals surface area (Å²) in [4.78, 5) is 33.9. The van der Waals surface area contributed by atoms with E-state index < -0.39 is 26.5 Å². The second-order valence-corrected chi connectivity index (χ2v) is 15.7. The molecule has 334 valence electrons. The van der Waals surface area contributed by atoms with Gasteiger partial charge in [-0.05, 0) is 96.3 Å². The number of nitrogens with one attached hydrogen (secondary N) is 1. The van der Waals surface area contributed by atoms with Gasteiger partial charge >= 0.3 is 13.8 Å². The lowest BCUT2D eigenvalue weighted by Crippen LogP contribution is -2.27. The number of hydrogen-bond donors (Lipinski definition) is 3. The normalized spacial score (nSPS) is 14.3. The molecule has 0 heterocycles. The summed E-state index contributed by atoms with van der Waals surface area (Å²) in [5.74, 6) is -0.604. The Labute approximate surface area is 358 Å². The number of rotatable bonds is 40. The van der Waals surface area contributed by atoms with Crippen LogP contribution in [-0.4, -0.2) is 54.3 Å². The van der Waals surface area contributed by atoms with Crippen LogP contribution in [0.4, 0.5) is 0 Å². The molecule has 0 radical (unpaired) electrons. The Morgan fingerprint density at radius 1 is 0.542 bits per heavy atom. The fourth-order valence-corrected chi connectivity index (χ4v) is 6.10. The Balaban J connectivity index is 3.73. The number of ether oxygens (including phenoxy) is 1. The van der Waals surface area contributed by atoms with Gasteiger partial charge in [0.15, 0.2) is 0 Å². The number of carbonyl (C=O) groups excluding carboxylic acids is 2. The lowest BCUT2D eigenvalue weighted by Gasteiger charge is -2.15. The highest BCUT2D eigenvalue weighted by atomic mass is 31.2. The largest absolute Gasteiger partial charge is 0.472 e. The molecule has 0 aromatic heterocycles. The highest BCUT2D eigenvalue weighted by molar-refractivity contribution is 7.47. The summed E-state index contributed by atoms with van der Waals surface area (Å²) in [6, 6.07) is 0. The first-order valence-corrected chi connectivity index (χ1v) is 23.9. The van der Waals surface area contributed by atoms with E-state index in [2.05, 4.69) is 122 Å². The number of aliphatic hydroxyl groups excluding tert-OH is 1. The second-order valence-electron chi connectivity index (χ2n) is 14.3. The van der Waals surface area contributed by atoms with E-state index in [1.165, 1.54) is 25.7 Å². The van der Waals surface area contributed by atoms with Crippen molar-refractivity contribution in [2.75, 3.05) is 26.4 Å². The molecule has 0 saturated carbocycles. The average molecular weight is 842 g/mol. The van der Waals surface area contributed by atoms with Crippen molar-refractivity contribution in [2.24, 2.45) is 0 Å². The molecular formula is C49H80NO8P. The maximum absolute atomic E-state index is 12.1. The van der Waals surface area contributed by atoms with Gasteiger partial charge in [-0.1, -0.05) is 155 Å². The Hall–Kier alpha value is -3.33. The molecule has 0 fully saturated rings. The van der Waals surface area contributed by atoms with Gasteiger partial charge in [0, 0.05) is 19.4 Å². The predicted octanol–water partition coefficient (Wildman–Crippen LogP) is 12.8. The van der Waals surface area contributed by atoms with Crippen LogP contribution in [0.3, 0.4) is 0 Å². The smallest absolute Gasteiger partial charge is 0.463 e. The number of unbranched alkanes of at least 4 members (excludes halogenated alkanes) is 9. The first kappa shape index (κ1) is 55.7. The van der Waals surface area contributed by atoms with Crippen LogP contribution in [0.15, 0.2) is 109 Å². The van der Waals surface area contributed by atoms with E-state index in [1.54, 1.807) is 0 Å². The van der Waals surface area contributed by atoms with Crippen LogP contribution in [0.2, 0.25) is 0 Å². The van der Waals surface area contributed by atoms with Crippen molar-refractivity contribution >= 4 is 19.7 Å². The van der Waals surface area contributed by atoms with Gasteiger partial charge in [-0.2, -0.15) is 0 Å². The van der Waals surface area contributed by atoms with Crippen LogP contribution >= 0.6 is 7.82 Å². The number of hydrogen-bond acceptors (Lipinski definition) is 7. The molecule has 0 aromatic rings. The van der Waals surface area contributed by atoms with E-state index in [-0.39, 0.29) is 32.1 Å². The molecule has 0 bridgehead atoms. The first-order chi connectivity index (χ1) is 28.8. The molecule has 10 heteroatoms. The summed E-state index contributed by atoms with van der Waals surface area (Å²) in [5, 5.41) is 12.7. The highest BCUT2D eigenvalue weighted by Gasteiger charge is 2.23. The van der Waals surface area contributed by atoms with Crippen molar-refractivity contribution < 1.29 is 37.9 Å². The number of allylic oxidation sites excluding steroid dienone is 18. The van der Waals surface area contributed by atoms with Gasteiger partial charge in [0.1, 0.15) is 12.7 Å². The van der Waals surface area contributed by atoms with E-state index in [0.29, 0.717) is 12.8 Å². The molecule has 0 saturated heterocycles. The summed E-state index contributed by atoms with van der Waals surface area (Å²) in [6.45, 7) is 3.29. The van der Waals surface area contributed by atoms with Crippen molar-refractivity contribution in [2.45, 2.75) is 161 Å². The average Bonchev–Trinajstić information content (AvgIpc) is 3.22. The molecule has 0 aliphatic rings. The number of aliphatic hydroxyl groups is 1. The van der Waals surface area contributed by atoms with Crippen LogP contribution < -0.4 is 5.32 Å². The van der Waals surface area contributed by atoms with E-state index in [4.69, 9.17) is 13.8 Å². The monoisotopic (exact) mass is 842 g/mol. The topological polar surface area (TPSA) is 131 Å². The van der Waals surface area contributed by atoms with Crippen molar-refractivity contribution in [3.63, 3.8) is 0 Å². The van der Waals surface area contributed by atoms with Gasteiger partial charge in [0.05, 0.1) is 13.2 Å². The number of amides is 1. The Kier molecular flexibility index (Phi) is 41.7. The summed E-state index contributed by atoms with van der Waals surface area (Å²) in [6.07, 6.45) is 58.8. The maximum Gasteiger partial charge on any atom is 0.472 e. The van der Waals surface area contributed by atoms with E-state index in [1.807, 2.05) is 6.08 Å². The van der Waals surface area contributed by atoms with Crippen molar-refractivity contribution in [1.82, 2.24) is 5.32 Å². The minimum absolute atomic E-state index is 0.0572. The molecule has 59 heavy (non-hydrogen) atoms. The second kappa shape index (κ2) is 44.2. The molecule has 0 aliphatic carbocycles. The Bertz CT molecular complexity index is 1330. The van der Waals surface area contributed by atoms with E-state index in [9.17, 15) is 24.2 Å². The predicted molar refractivity (Wildman–Crippen MR) is 247 cm³/mol. The summed E-state index contributed by atoms with van der Waals surface area (Å²) in [5.41, 5.74) is 0. The van der Waals surface area contributed by atoms with E-state index in [0.717, 1.165) is 96.3 Å². The molecule has 0 spiro atoms. The van der Waals surface area contributed by atoms with Crippen molar-refractivity contribution in [1.29, 1.82) is 0 Å². The van der Waals surface area contributed by atoms with Gasteiger partial charge < -0.3 is 20.1 Å². The van der Waals surface area contributed by atoms with Crippen molar-refractivity contribution in [3.05, 3.63) is 109 Å². The minimum atomic E-state index is -4.45. The quantitative estimate of drug-likeness (QED) is 0.0240. The molecule has 0 aliphatic heterocycles. The molecule has 2 atom stereocenters. The third-order valence-corrected chi connectivity index (χ3v) is 9.67. The Morgan fingerprint density at radius 2 is 0.983 bits per heavy atom. The third-order valence-electron chi connectivity index (χ3n) is 8.69. The zero-order valence-electron chi connectivity index (χ0n) is 36.6. The van der Waals surface area contributed by atoms with Gasteiger partial charge in [-0.3, -0.25) is 18.6 Å². The molecular weight excluding hydrogens is 762 g/mol. The SMILES string of the molecule is CC/C=C\C/C=C\C/C=C\C/C=C\C/C=C\CCCC(=O)OCC(O)COP(=O)(O)OCCNC(=O)CCCCCCC/C=C\C/C=C\C/C=C\C/C=C\CCCCC. The van der Waals surface area contributed by atoms with Crippen LogP contribution in [0, 0.1) is 0 Å². The summed E-state index contributed by atoms with van der Waals surface area (Å²) < 4.78 is 26.8. The van der Waals surface area contributed by atoms with E-state index >= 15 is 0 Å². The van der Waals surface area contributed by atoms with Gasteiger partial charge in [0.25, 0.3) is 0 Å². The molecule has 3 N–H and O–H groups in total. The highest BCUT2D eigenvalue weighted by Crippen LogP contribution is 2.42. The first-order valence-electron chi connectivity index (χ1n) is 22.4. The third kappa shape index (κ3) is 45.6. The summed E-state index contributed by atoms with van der Waals surface area (Å²) in [7, 11) is -4.45. The van der Waals surface area contributed by atoms with Crippen LogP contribution in [-0.2, 0) is 27.9 Å². The zero-order valence-corrected chi connectivity index (χ0v) is 37.5. The Morgan fingerprint density at radius 3 is 1.49 bits per heavy atom. The zero-order chi connectivity index (χ0) is 43.2. The van der Waals surface area contributed by atoms with Crippen LogP contribution in [0.25, 0.3) is 0 Å². The summed E-state index contributed by atoms with van der Waals surface area (Å²) >= 11 is 0. The van der Waals surface area contributed by atoms with Gasteiger partial charge in [-0.15, -0.1) is 0 Å². The van der Waals surface area contributed by atoms with Crippen molar-refractivity contribution in [3.8, 4) is 0 Å². The van der Waals surface area contributed by atoms with Gasteiger partial charge in [-0.25, -0.2) is 4.57 Å². The van der Waals surface area contributed by atoms with Crippen LogP contribution in [0.1, 0.15) is 155 Å². The lowest BCUT2D eigenvalue weighted by atomic mass is 10.1. The number of phosphoric ester groups is 1. The minimum Gasteiger partial charge on any atom is -0.463 e. The number of carbonyl (C=O) groups is 2. The molecule has 0 aromatic carbocycles. The fourth-order valence-electron chi connectivity index (χ4n) is 5.34. The maximum atomic E-state index is 12.1. The number of phosphoric acid groups is 1. The molecule has 9 nitrogen and oxygen atoms in total. The standard InChI is InChI=1S/C49H80NO8P/c1-3-5-7-9-11-13-15-17-19-21-22-23-24-26-27-29-31-33-35-37-39-41-48(52)50-43-44-57-59(54,55)58-46-47(51)45-56-49(53)42-40-38-36-34-32-30-28-25-20-18-16-14-12-10-8-6-4-2/h6,8,11-14,17-20,22-23,26-28,30,34,36,47,51H,3-5,7,9-10,15-16,21,24-25,29,31-33,35,37-46H2,1-2H3,(H,50,52)(H,54,55)/b8-6-,13-11-,14-12-,19-17-,20-18-,23-22-,27-26-,30-28-,36-34-. The molecule has 1 amide bonds. The number of esters is 1. The lowest BCUT2D eigenvalue weighted by molar-refractivity contribution is -0.147. The molecule has 0 rings (SSSR count). The van der Waals surface area contributed by atoms with Crippen LogP contribution in [0.5, 0.6) is 0 Å². The van der Waals surface area contributed by atoms with Gasteiger partial charge in [0.2, 0.25) is 5.91 Å².